The van der Waals surface area contributed by atoms with Crippen LogP contribution in [0.25, 0.3) is 0 Å². The number of nitrogens with zero attached hydrogens (tertiary/aromatic N) is 1. The van der Waals surface area contributed by atoms with Crippen molar-refractivity contribution in [3.05, 3.63) is 46.5 Å². The third-order valence-electron chi connectivity index (χ3n) is 3.68. The first-order chi connectivity index (χ1) is 12.5. The highest BCUT2D eigenvalue weighted by atomic mass is 16.7. The van der Waals surface area contributed by atoms with Crippen LogP contribution in [-0.2, 0) is 4.79 Å². The monoisotopic (exact) mass is 360 g/mol. The molecule has 0 aromatic heterocycles. The van der Waals surface area contributed by atoms with Gasteiger partial charge < -0.3 is 24.3 Å². The van der Waals surface area contributed by atoms with Crippen LogP contribution in [-0.4, -0.2) is 30.8 Å². The molecule has 0 fully saturated rings. The number of ether oxygens (including phenoxy) is 4. The second kappa shape index (κ2) is 7.18. The fourth-order valence-electron chi connectivity index (χ4n) is 2.35. The summed E-state index contributed by atoms with van der Waals surface area (Å²) in [5.74, 6) is 1.40. The summed E-state index contributed by atoms with van der Waals surface area (Å²) in [6.45, 7) is 1.70. The molecule has 1 heterocycles. The first-order valence-electron chi connectivity index (χ1n) is 7.67. The molecule has 1 unspecified atom stereocenters. The number of amides is 1. The van der Waals surface area contributed by atoms with Gasteiger partial charge in [-0.2, -0.15) is 0 Å². The highest BCUT2D eigenvalue weighted by Gasteiger charge is 2.20. The van der Waals surface area contributed by atoms with Crippen LogP contribution < -0.4 is 24.3 Å². The molecule has 0 saturated heterocycles. The molecule has 2 aromatic rings. The van der Waals surface area contributed by atoms with Gasteiger partial charge in [0.15, 0.2) is 17.6 Å². The van der Waals surface area contributed by atoms with E-state index >= 15 is 0 Å². The number of benzene rings is 2. The SMILES string of the molecule is COc1ccc([N+](=O)[O-])cc1NC(=O)C(C)Oc1ccc2c(c1)OCO2. The standard InChI is InChI=1S/C17H16N2O7/c1-10(26-12-4-6-15-16(8-12)25-9-24-15)17(20)18-13-7-11(19(21)22)3-5-14(13)23-2/h3-8,10H,9H2,1-2H3,(H,18,20). The molecule has 136 valence electrons. The van der Waals surface area contributed by atoms with Gasteiger partial charge in [-0.05, 0) is 25.1 Å². The second-order valence-corrected chi connectivity index (χ2v) is 5.41. The van der Waals surface area contributed by atoms with Crippen LogP contribution in [0.2, 0.25) is 0 Å². The van der Waals surface area contributed by atoms with E-state index in [2.05, 4.69) is 5.32 Å². The molecule has 3 rings (SSSR count). The van der Waals surface area contributed by atoms with Crippen molar-refractivity contribution in [2.75, 3.05) is 19.2 Å². The Kier molecular flexibility index (Phi) is 4.78. The van der Waals surface area contributed by atoms with E-state index in [9.17, 15) is 14.9 Å². The van der Waals surface area contributed by atoms with E-state index in [0.29, 0.717) is 23.0 Å². The van der Waals surface area contributed by atoms with Crippen LogP contribution in [0, 0.1) is 10.1 Å². The Morgan fingerprint density at radius 3 is 2.73 bits per heavy atom. The maximum atomic E-state index is 12.4. The van der Waals surface area contributed by atoms with E-state index in [1.807, 2.05) is 0 Å². The Morgan fingerprint density at radius 2 is 2.00 bits per heavy atom. The molecule has 1 aliphatic rings. The van der Waals surface area contributed by atoms with Crippen LogP contribution in [0.15, 0.2) is 36.4 Å². The second-order valence-electron chi connectivity index (χ2n) is 5.41. The molecule has 9 nitrogen and oxygen atoms in total. The summed E-state index contributed by atoms with van der Waals surface area (Å²) in [6.07, 6.45) is -0.862. The molecular formula is C17H16N2O7. The minimum Gasteiger partial charge on any atom is -0.495 e. The average Bonchev–Trinajstić information content (AvgIpc) is 3.09. The van der Waals surface area contributed by atoms with Gasteiger partial charge in [0.1, 0.15) is 11.5 Å². The Balaban J connectivity index is 1.71. The van der Waals surface area contributed by atoms with E-state index in [4.69, 9.17) is 18.9 Å². The molecule has 1 atom stereocenters. The zero-order valence-corrected chi connectivity index (χ0v) is 14.1. The van der Waals surface area contributed by atoms with Crippen molar-refractivity contribution in [1.29, 1.82) is 0 Å². The van der Waals surface area contributed by atoms with Crippen LogP contribution in [0.1, 0.15) is 6.92 Å². The number of carbonyl (C=O) groups excluding carboxylic acids is 1. The molecule has 0 saturated carbocycles. The van der Waals surface area contributed by atoms with Crippen molar-refractivity contribution < 1.29 is 28.7 Å². The van der Waals surface area contributed by atoms with Gasteiger partial charge in [0.25, 0.3) is 11.6 Å². The smallest absolute Gasteiger partial charge is 0.271 e. The molecule has 0 bridgehead atoms. The van der Waals surface area contributed by atoms with Gasteiger partial charge in [0.2, 0.25) is 6.79 Å². The third kappa shape index (κ3) is 3.61. The first-order valence-corrected chi connectivity index (χ1v) is 7.67. The number of methoxy groups -OCH3 is 1. The molecule has 1 N–H and O–H groups in total. The molecule has 26 heavy (non-hydrogen) atoms. The van der Waals surface area contributed by atoms with Gasteiger partial charge in [-0.3, -0.25) is 14.9 Å². The summed E-state index contributed by atoms with van der Waals surface area (Å²) in [5.41, 5.74) is 0.0262. The number of hydrogen-bond donors (Lipinski definition) is 1. The number of nitro groups is 1. The van der Waals surface area contributed by atoms with Gasteiger partial charge in [0.05, 0.1) is 17.7 Å². The molecule has 2 aromatic carbocycles. The van der Waals surface area contributed by atoms with Gasteiger partial charge in [-0.15, -0.1) is 0 Å². The number of hydrogen-bond acceptors (Lipinski definition) is 7. The topological polar surface area (TPSA) is 109 Å². The highest BCUT2D eigenvalue weighted by molar-refractivity contribution is 5.95. The van der Waals surface area contributed by atoms with E-state index in [-0.39, 0.29) is 18.2 Å². The fourth-order valence-corrected chi connectivity index (χ4v) is 2.35. The number of rotatable bonds is 6. The first kappa shape index (κ1) is 17.3. The van der Waals surface area contributed by atoms with Gasteiger partial charge in [0, 0.05) is 18.2 Å². The van der Waals surface area contributed by atoms with E-state index in [1.165, 1.54) is 25.3 Å². The maximum absolute atomic E-state index is 12.4. The minimum atomic E-state index is -0.862. The van der Waals surface area contributed by atoms with Crippen molar-refractivity contribution >= 4 is 17.3 Å². The highest BCUT2D eigenvalue weighted by Crippen LogP contribution is 2.35. The van der Waals surface area contributed by atoms with Crippen LogP contribution >= 0.6 is 0 Å². The quantitative estimate of drug-likeness (QED) is 0.623. The van der Waals surface area contributed by atoms with E-state index in [1.54, 1.807) is 25.1 Å². The number of non-ortho nitro benzene ring substituents is 1. The van der Waals surface area contributed by atoms with Crippen LogP contribution in [0.3, 0.4) is 0 Å². The lowest BCUT2D eigenvalue weighted by Gasteiger charge is -2.16. The molecule has 0 aliphatic carbocycles. The summed E-state index contributed by atoms with van der Waals surface area (Å²) < 4.78 is 21.2. The normalized spacial score (nSPS) is 13.0. The van der Waals surface area contributed by atoms with Gasteiger partial charge in [-0.1, -0.05) is 0 Å². The zero-order chi connectivity index (χ0) is 18.7. The zero-order valence-electron chi connectivity index (χ0n) is 14.1. The Labute approximate surface area is 148 Å². The lowest BCUT2D eigenvalue weighted by atomic mass is 10.2. The van der Waals surface area contributed by atoms with E-state index in [0.717, 1.165) is 0 Å². The van der Waals surface area contributed by atoms with Crippen molar-refractivity contribution in [2.45, 2.75) is 13.0 Å². The molecular weight excluding hydrogens is 344 g/mol. The van der Waals surface area contributed by atoms with Crippen molar-refractivity contribution in [3.8, 4) is 23.0 Å². The number of nitro benzene ring substituents is 1. The molecule has 0 radical (unpaired) electrons. The van der Waals surface area contributed by atoms with E-state index < -0.39 is 16.9 Å². The number of nitrogens with one attached hydrogen (secondary N) is 1. The number of fused-ring (bicyclic) bond motifs is 1. The maximum Gasteiger partial charge on any atom is 0.271 e. The summed E-state index contributed by atoms with van der Waals surface area (Å²) >= 11 is 0. The Bertz CT molecular complexity index is 853. The summed E-state index contributed by atoms with van der Waals surface area (Å²) in [6, 6.07) is 8.90. The Morgan fingerprint density at radius 1 is 1.23 bits per heavy atom. The van der Waals surface area contributed by atoms with Gasteiger partial charge >= 0.3 is 0 Å². The lowest BCUT2D eigenvalue weighted by Crippen LogP contribution is -2.30. The van der Waals surface area contributed by atoms with Crippen molar-refractivity contribution in [2.24, 2.45) is 0 Å². The lowest BCUT2D eigenvalue weighted by molar-refractivity contribution is -0.384. The molecule has 1 aliphatic heterocycles. The van der Waals surface area contributed by atoms with Crippen molar-refractivity contribution in [1.82, 2.24) is 0 Å². The Hall–Kier alpha value is -3.49. The predicted molar refractivity (Wildman–Crippen MR) is 90.9 cm³/mol. The average molecular weight is 360 g/mol. The van der Waals surface area contributed by atoms with Gasteiger partial charge in [-0.25, -0.2) is 0 Å². The minimum absolute atomic E-state index is 0.140. The molecule has 9 heteroatoms. The van der Waals surface area contributed by atoms with Crippen molar-refractivity contribution in [3.63, 3.8) is 0 Å². The number of carbonyl (C=O) groups is 1. The summed E-state index contributed by atoms with van der Waals surface area (Å²) in [4.78, 5) is 22.7. The van der Waals surface area contributed by atoms with Crippen LogP contribution in [0.5, 0.6) is 23.0 Å². The summed E-state index contributed by atoms with van der Waals surface area (Å²) in [7, 11) is 1.41. The predicted octanol–water partition coefficient (Wildman–Crippen LogP) is 2.74. The summed E-state index contributed by atoms with van der Waals surface area (Å²) in [5, 5.41) is 13.5. The molecule has 1 amide bonds. The third-order valence-corrected chi connectivity index (χ3v) is 3.68. The molecule has 0 spiro atoms. The van der Waals surface area contributed by atoms with Crippen LogP contribution in [0.4, 0.5) is 11.4 Å². The number of anilines is 1. The largest absolute Gasteiger partial charge is 0.495 e. The fraction of sp³-hybridized carbons (Fsp3) is 0.235.